The second-order valence-electron chi connectivity index (χ2n) is 4.98. The van der Waals surface area contributed by atoms with E-state index in [1.165, 1.54) is 11.8 Å². The van der Waals surface area contributed by atoms with E-state index in [9.17, 15) is 9.59 Å². The molecule has 1 aromatic heterocycles. The Bertz CT molecular complexity index is 603. The average Bonchev–Trinajstić information content (AvgIpc) is 3.04. The summed E-state index contributed by atoms with van der Waals surface area (Å²) >= 11 is 0. The molecular formula is C17H20N2O3. The van der Waals surface area contributed by atoms with Gasteiger partial charge in [-0.25, -0.2) is 0 Å². The Morgan fingerprint density at radius 2 is 1.91 bits per heavy atom. The molecular weight excluding hydrogens is 280 g/mol. The van der Waals surface area contributed by atoms with E-state index in [1.807, 2.05) is 24.3 Å². The van der Waals surface area contributed by atoms with Crippen molar-refractivity contribution >= 4 is 17.5 Å². The van der Waals surface area contributed by atoms with Gasteiger partial charge in [0.25, 0.3) is 5.91 Å². The zero-order valence-electron chi connectivity index (χ0n) is 12.6. The molecule has 0 saturated heterocycles. The average molecular weight is 300 g/mol. The second-order valence-corrected chi connectivity index (χ2v) is 4.98. The molecule has 2 amide bonds. The number of amides is 2. The van der Waals surface area contributed by atoms with Crippen molar-refractivity contribution in [3.63, 3.8) is 0 Å². The van der Waals surface area contributed by atoms with Crippen molar-refractivity contribution in [3.8, 4) is 0 Å². The van der Waals surface area contributed by atoms with Crippen molar-refractivity contribution in [3.05, 3.63) is 54.0 Å². The highest BCUT2D eigenvalue weighted by molar-refractivity contribution is 5.93. The molecule has 5 heteroatoms. The summed E-state index contributed by atoms with van der Waals surface area (Å²) in [6.45, 7) is 2.39. The van der Waals surface area contributed by atoms with Crippen LogP contribution in [0.15, 0.2) is 47.1 Å². The molecule has 1 heterocycles. The normalized spacial score (nSPS) is 10.2. The van der Waals surface area contributed by atoms with Crippen molar-refractivity contribution in [2.24, 2.45) is 0 Å². The first-order valence-electron chi connectivity index (χ1n) is 7.39. The predicted octanol–water partition coefficient (Wildman–Crippen LogP) is 2.99. The number of aryl methyl sites for hydroxylation is 1. The van der Waals surface area contributed by atoms with Gasteiger partial charge < -0.3 is 15.1 Å². The van der Waals surface area contributed by atoms with Crippen LogP contribution in [-0.4, -0.2) is 18.4 Å². The van der Waals surface area contributed by atoms with E-state index in [1.54, 1.807) is 12.1 Å². The standard InChI is InChI=1S/C17H20N2O3/c1-2-4-13-6-8-14(9-7-13)19-16(20)10-11-18-17(21)15-5-3-12-22-15/h3,5-9,12H,2,4,10-11H2,1H3,(H,18,21)(H,19,20). The maximum atomic E-state index is 11.8. The zero-order valence-corrected chi connectivity index (χ0v) is 12.6. The van der Waals surface area contributed by atoms with Gasteiger partial charge in [-0.05, 0) is 36.2 Å². The molecule has 0 atom stereocenters. The zero-order chi connectivity index (χ0) is 15.8. The van der Waals surface area contributed by atoms with Crippen molar-refractivity contribution in [2.45, 2.75) is 26.2 Å². The van der Waals surface area contributed by atoms with Gasteiger partial charge in [-0.2, -0.15) is 0 Å². The summed E-state index contributed by atoms with van der Waals surface area (Å²) in [4.78, 5) is 23.4. The molecule has 0 bridgehead atoms. The summed E-state index contributed by atoms with van der Waals surface area (Å²) in [5.41, 5.74) is 2.02. The van der Waals surface area contributed by atoms with E-state index in [4.69, 9.17) is 4.42 Å². The van der Waals surface area contributed by atoms with Crippen LogP contribution in [-0.2, 0) is 11.2 Å². The van der Waals surface area contributed by atoms with Crippen LogP contribution in [0.25, 0.3) is 0 Å². The third-order valence-corrected chi connectivity index (χ3v) is 3.16. The van der Waals surface area contributed by atoms with Crippen LogP contribution in [0.2, 0.25) is 0 Å². The lowest BCUT2D eigenvalue weighted by Crippen LogP contribution is -2.27. The molecule has 2 aromatic rings. The fraction of sp³-hybridized carbons (Fsp3) is 0.294. The first kappa shape index (κ1) is 15.8. The minimum Gasteiger partial charge on any atom is -0.459 e. The third-order valence-electron chi connectivity index (χ3n) is 3.16. The third kappa shape index (κ3) is 4.77. The summed E-state index contributed by atoms with van der Waals surface area (Å²) in [5.74, 6) is -0.211. The molecule has 0 aliphatic carbocycles. The van der Waals surface area contributed by atoms with Gasteiger partial charge in [0, 0.05) is 18.7 Å². The highest BCUT2D eigenvalue weighted by atomic mass is 16.3. The maximum absolute atomic E-state index is 11.8. The summed E-state index contributed by atoms with van der Waals surface area (Å²) in [7, 11) is 0. The number of furan rings is 1. The first-order valence-corrected chi connectivity index (χ1v) is 7.39. The molecule has 0 aliphatic heterocycles. The van der Waals surface area contributed by atoms with Crippen LogP contribution in [0.5, 0.6) is 0 Å². The van der Waals surface area contributed by atoms with Crippen LogP contribution >= 0.6 is 0 Å². The molecule has 2 rings (SSSR count). The van der Waals surface area contributed by atoms with Crippen molar-refractivity contribution in [1.82, 2.24) is 5.32 Å². The number of hydrogen-bond donors (Lipinski definition) is 2. The second kappa shape index (κ2) is 8.02. The number of carbonyl (C=O) groups excluding carboxylic acids is 2. The molecule has 116 valence electrons. The molecule has 5 nitrogen and oxygen atoms in total. The van der Waals surface area contributed by atoms with Crippen molar-refractivity contribution < 1.29 is 14.0 Å². The fourth-order valence-electron chi connectivity index (χ4n) is 2.05. The van der Waals surface area contributed by atoms with E-state index in [0.717, 1.165) is 18.5 Å². The molecule has 22 heavy (non-hydrogen) atoms. The molecule has 0 aliphatic rings. The molecule has 0 spiro atoms. The Balaban J connectivity index is 1.72. The quantitative estimate of drug-likeness (QED) is 0.825. The summed E-state index contributed by atoms with van der Waals surface area (Å²) < 4.78 is 4.97. The lowest BCUT2D eigenvalue weighted by molar-refractivity contribution is -0.116. The first-order chi connectivity index (χ1) is 10.7. The smallest absolute Gasteiger partial charge is 0.286 e. The maximum Gasteiger partial charge on any atom is 0.286 e. The van der Waals surface area contributed by atoms with Crippen LogP contribution in [0.4, 0.5) is 5.69 Å². The number of benzene rings is 1. The predicted molar refractivity (Wildman–Crippen MR) is 84.7 cm³/mol. The molecule has 0 radical (unpaired) electrons. The van der Waals surface area contributed by atoms with E-state index >= 15 is 0 Å². The van der Waals surface area contributed by atoms with Gasteiger partial charge in [0.2, 0.25) is 5.91 Å². The number of hydrogen-bond acceptors (Lipinski definition) is 3. The summed E-state index contributed by atoms with van der Waals surface area (Å²) in [5, 5.41) is 5.44. The van der Waals surface area contributed by atoms with E-state index in [-0.39, 0.29) is 30.5 Å². The molecule has 2 N–H and O–H groups in total. The van der Waals surface area contributed by atoms with E-state index < -0.39 is 0 Å². The molecule has 1 aromatic carbocycles. The molecule has 0 fully saturated rings. The van der Waals surface area contributed by atoms with Crippen LogP contribution in [0, 0.1) is 0 Å². The molecule has 0 unspecified atom stereocenters. The monoisotopic (exact) mass is 300 g/mol. The summed E-state index contributed by atoms with van der Waals surface area (Å²) in [6, 6.07) is 11.0. The summed E-state index contributed by atoms with van der Waals surface area (Å²) in [6.07, 6.45) is 3.78. The fourth-order valence-corrected chi connectivity index (χ4v) is 2.05. The van der Waals surface area contributed by atoms with Gasteiger partial charge in [-0.15, -0.1) is 0 Å². The van der Waals surface area contributed by atoms with Crippen LogP contribution < -0.4 is 10.6 Å². The van der Waals surface area contributed by atoms with Gasteiger partial charge in [0.15, 0.2) is 5.76 Å². The Kier molecular flexibility index (Phi) is 5.77. The lowest BCUT2D eigenvalue weighted by atomic mass is 10.1. The van der Waals surface area contributed by atoms with Gasteiger partial charge in [0.05, 0.1) is 6.26 Å². The van der Waals surface area contributed by atoms with Crippen LogP contribution in [0.1, 0.15) is 35.9 Å². The highest BCUT2D eigenvalue weighted by Crippen LogP contribution is 2.11. The largest absolute Gasteiger partial charge is 0.459 e. The van der Waals surface area contributed by atoms with Gasteiger partial charge >= 0.3 is 0 Å². The Morgan fingerprint density at radius 3 is 2.55 bits per heavy atom. The highest BCUT2D eigenvalue weighted by Gasteiger charge is 2.08. The van der Waals surface area contributed by atoms with E-state index in [0.29, 0.717) is 0 Å². The van der Waals surface area contributed by atoms with Gasteiger partial charge in [0.1, 0.15) is 0 Å². The number of anilines is 1. The topological polar surface area (TPSA) is 71.3 Å². The number of nitrogens with one attached hydrogen (secondary N) is 2. The van der Waals surface area contributed by atoms with Crippen LogP contribution in [0.3, 0.4) is 0 Å². The van der Waals surface area contributed by atoms with Crippen molar-refractivity contribution in [1.29, 1.82) is 0 Å². The molecule has 0 saturated carbocycles. The van der Waals surface area contributed by atoms with Gasteiger partial charge in [-0.1, -0.05) is 25.5 Å². The number of carbonyl (C=O) groups is 2. The minimum atomic E-state index is -0.318. The van der Waals surface area contributed by atoms with E-state index in [2.05, 4.69) is 17.6 Å². The Labute approximate surface area is 129 Å². The number of rotatable bonds is 7. The van der Waals surface area contributed by atoms with Gasteiger partial charge in [-0.3, -0.25) is 9.59 Å². The SMILES string of the molecule is CCCc1ccc(NC(=O)CCNC(=O)c2ccco2)cc1. The lowest BCUT2D eigenvalue weighted by Gasteiger charge is -2.07. The Morgan fingerprint density at radius 1 is 1.14 bits per heavy atom. The van der Waals surface area contributed by atoms with Crippen molar-refractivity contribution in [2.75, 3.05) is 11.9 Å². The Hall–Kier alpha value is -2.56. The minimum absolute atomic E-state index is 0.136.